The first kappa shape index (κ1) is 19.6. The highest BCUT2D eigenvalue weighted by Crippen LogP contribution is 2.32. The highest BCUT2D eigenvalue weighted by Gasteiger charge is 2.35. The van der Waals surface area contributed by atoms with Gasteiger partial charge in [-0.15, -0.1) is 0 Å². The maximum Gasteiger partial charge on any atom is 0.234 e. The van der Waals surface area contributed by atoms with Gasteiger partial charge in [0.05, 0.1) is 6.54 Å². The Labute approximate surface area is 157 Å². The van der Waals surface area contributed by atoms with Crippen LogP contribution < -0.4 is 11.1 Å². The van der Waals surface area contributed by atoms with Crippen LogP contribution in [0.25, 0.3) is 0 Å². The molecule has 1 heterocycles. The molecule has 0 unspecified atom stereocenters. The fraction of sp³-hybridized carbons (Fsp3) is 0.900. The zero-order chi connectivity index (χ0) is 18.5. The van der Waals surface area contributed by atoms with E-state index < -0.39 is 0 Å². The standard InChI is InChI=1S/C20H36N4O2/c1-15-5-7-17(8-6-15)22-19(25)14-23-9-11-24(12-10-23)20(26)18-4-2-3-16(18)13-21/h15-18H,2-14,21H2,1H3,(H,22,25)/t15?,16-,17?,18-/m1/s1. The summed E-state index contributed by atoms with van der Waals surface area (Å²) in [4.78, 5) is 29.3. The van der Waals surface area contributed by atoms with Crippen molar-refractivity contribution in [3.05, 3.63) is 0 Å². The first-order chi connectivity index (χ1) is 12.6. The van der Waals surface area contributed by atoms with Crippen molar-refractivity contribution in [2.24, 2.45) is 23.5 Å². The van der Waals surface area contributed by atoms with Crippen LogP contribution in [0.4, 0.5) is 0 Å². The Morgan fingerprint density at radius 1 is 1.00 bits per heavy atom. The molecule has 26 heavy (non-hydrogen) atoms. The molecule has 1 saturated heterocycles. The second kappa shape index (κ2) is 9.18. The summed E-state index contributed by atoms with van der Waals surface area (Å²) in [5, 5.41) is 3.20. The second-order valence-electron chi connectivity index (χ2n) is 8.66. The van der Waals surface area contributed by atoms with Gasteiger partial charge in [-0.25, -0.2) is 0 Å². The zero-order valence-corrected chi connectivity index (χ0v) is 16.3. The van der Waals surface area contributed by atoms with Gasteiger partial charge in [-0.05, 0) is 56.9 Å². The van der Waals surface area contributed by atoms with Gasteiger partial charge in [-0.3, -0.25) is 14.5 Å². The molecule has 6 heteroatoms. The largest absolute Gasteiger partial charge is 0.352 e. The molecule has 0 aromatic heterocycles. The van der Waals surface area contributed by atoms with Gasteiger partial charge in [-0.2, -0.15) is 0 Å². The second-order valence-corrected chi connectivity index (χ2v) is 8.66. The third-order valence-corrected chi connectivity index (χ3v) is 6.71. The summed E-state index contributed by atoms with van der Waals surface area (Å²) >= 11 is 0. The van der Waals surface area contributed by atoms with Crippen molar-refractivity contribution in [1.82, 2.24) is 15.1 Å². The van der Waals surface area contributed by atoms with Crippen molar-refractivity contribution in [1.29, 1.82) is 0 Å². The van der Waals surface area contributed by atoms with Crippen LogP contribution in [-0.4, -0.2) is 66.9 Å². The van der Waals surface area contributed by atoms with Crippen molar-refractivity contribution in [3.8, 4) is 0 Å². The Bertz CT molecular complexity index is 482. The van der Waals surface area contributed by atoms with Gasteiger partial charge >= 0.3 is 0 Å². The molecule has 2 atom stereocenters. The maximum atomic E-state index is 12.8. The fourth-order valence-electron chi connectivity index (χ4n) is 4.89. The van der Waals surface area contributed by atoms with Gasteiger partial charge in [0.2, 0.25) is 11.8 Å². The molecule has 0 radical (unpaired) electrons. The Kier molecular flexibility index (Phi) is 6.92. The van der Waals surface area contributed by atoms with Crippen molar-refractivity contribution in [3.63, 3.8) is 0 Å². The van der Waals surface area contributed by atoms with E-state index in [4.69, 9.17) is 5.73 Å². The number of nitrogens with one attached hydrogen (secondary N) is 1. The van der Waals surface area contributed by atoms with E-state index in [0.29, 0.717) is 31.0 Å². The molecule has 0 aromatic carbocycles. The summed E-state index contributed by atoms with van der Waals surface area (Å²) in [5.74, 6) is 1.72. The first-order valence-corrected chi connectivity index (χ1v) is 10.6. The van der Waals surface area contributed by atoms with E-state index in [1.54, 1.807) is 0 Å². The number of nitrogens with zero attached hydrogens (tertiary/aromatic N) is 2. The quantitative estimate of drug-likeness (QED) is 0.768. The molecular weight excluding hydrogens is 328 g/mol. The van der Waals surface area contributed by atoms with Gasteiger partial charge in [0.1, 0.15) is 0 Å². The van der Waals surface area contributed by atoms with Crippen LogP contribution in [0.3, 0.4) is 0 Å². The van der Waals surface area contributed by atoms with Gasteiger partial charge in [0, 0.05) is 38.1 Å². The molecule has 2 aliphatic carbocycles. The molecule has 1 aliphatic heterocycles. The number of hydrogen-bond acceptors (Lipinski definition) is 4. The lowest BCUT2D eigenvalue weighted by atomic mass is 9.87. The highest BCUT2D eigenvalue weighted by molar-refractivity contribution is 5.80. The van der Waals surface area contributed by atoms with Gasteiger partial charge in [0.15, 0.2) is 0 Å². The molecular formula is C20H36N4O2. The van der Waals surface area contributed by atoms with E-state index in [2.05, 4.69) is 17.1 Å². The Balaban J connectivity index is 1.38. The molecule has 148 valence electrons. The third kappa shape index (κ3) is 4.97. The van der Waals surface area contributed by atoms with E-state index in [-0.39, 0.29) is 11.8 Å². The normalized spacial score (nSPS) is 33.2. The molecule has 3 fully saturated rings. The highest BCUT2D eigenvalue weighted by atomic mass is 16.2. The van der Waals surface area contributed by atoms with E-state index in [0.717, 1.165) is 64.2 Å². The van der Waals surface area contributed by atoms with E-state index >= 15 is 0 Å². The average Bonchev–Trinajstić information content (AvgIpc) is 3.12. The lowest BCUT2D eigenvalue weighted by Crippen LogP contribution is -2.53. The topological polar surface area (TPSA) is 78.7 Å². The number of piperazine rings is 1. The number of rotatable bonds is 5. The monoisotopic (exact) mass is 364 g/mol. The number of hydrogen-bond donors (Lipinski definition) is 2. The van der Waals surface area contributed by atoms with Gasteiger partial charge in [0.25, 0.3) is 0 Å². The van der Waals surface area contributed by atoms with Crippen LogP contribution >= 0.6 is 0 Å². The van der Waals surface area contributed by atoms with Crippen LogP contribution in [0, 0.1) is 17.8 Å². The van der Waals surface area contributed by atoms with Crippen molar-refractivity contribution in [2.45, 2.75) is 57.9 Å². The number of nitrogens with two attached hydrogens (primary N) is 1. The van der Waals surface area contributed by atoms with E-state index in [1.807, 2.05) is 4.90 Å². The maximum absolute atomic E-state index is 12.8. The summed E-state index contributed by atoms with van der Waals surface area (Å²) in [7, 11) is 0. The van der Waals surface area contributed by atoms with Gasteiger partial charge < -0.3 is 16.0 Å². The minimum Gasteiger partial charge on any atom is -0.352 e. The molecule has 2 amide bonds. The van der Waals surface area contributed by atoms with Crippen LogP contribution in [0.2, 0.25) is 0 Å². The Hall–Kier alpha value is -1.14. The summed E-state index contributed by atoms with van der Waals surface area (Å²) in [5.41, 5.74) is 5.83. The lowest BCUT2D eigenvalue weighted by Gasteiger charge is -2.36. The lowest BCUT2D eigenvalue weighted by molar-refractivity contribution is -0.138. The van der Waals surface area contributed by atoms with E-state index in [9.17, 15) is 9.59 Å². The van der Waals surface area contributed by atoms with Crippen LogP contribution in [0.5, 0.6) is 0 Å². The molecule has 3 N–H and O–H groups in total. The first-order valence-electron chi connectivity index (χ1n) is 10.6. The summed E-state index contributed by atoms with van der Waals surface area (Å²) in [6, 6.07) is 0.358. The Morgan fingerprint density at radius 2 is 1.69 bits per heavy atom. The Morgan fingerprint density at radius 3 is 2.35 bits per heavy atom. The molecule has 3 aliphatic rings. The summed E-state index contributed by atoms with van der Waals surface area (Å²) in [6.45, 7) is 6.43. The van der Waals surface area contributed by atoms with Crippen LogP contribution in [-0.2, 0) is 9.59 Å². The fourth-order valence-corrected chi connectivity index (χ4v) is 4.89. The van der Waals surface area contributed by atoms with Gasteiger partial charge in [-0.1, -0.05) is 13.3 Å². The molecule has 2 saturated carbocycles. The smallest absolute Gasteiger partial charge is 0.234 e. The minimum atomic E-state index is 0.128. The minimum absolute atomic E-state index is 0.128. The number of carbonyl (C=O) groups is 2. The van der Waals surface area contributed by atoms with Crippen LogP contribution in [0.1, 0.15) is 51.9 Å². The summed E-state index contributed by atoms with van der Waals surface area (Å²) < 4.78 is 0. The van der Waals surface area contributed by atoms with Crippen molar-refractivity contribution < 1.29 is 9.59 Å². The van der Waals surface area contributed by atoms with Crippen LogP contribution in [0.15, 0.2) is 0 Å². The van der Waals surface area contributed by atoms with Crippen molar-refractivity contribution in [2.75, 3.05) is 39.3 Å². The molecule has 0 spiro atoms. The predicted octanol–water partition coefficient (Wildman–Crippen LogP) is 1.20. The number of amides is 2. The number of carbonyl (C=O) groups excluding carboxylic acids is 2. The predicted molar refractivity (Wildman–Crippen MR) is 102 cm³/mol. The summed E-state index contributed by atoms with van der Waals surface area (Å²) in [6.07, 6.45) is 7.86. The molecule has 6 nitrogen and oxygen atoms in total. The van der Waals surface area contributed by atoms with E-state index in [1.165, 1.54) is 12.8 Å². The SMILES string of the molecule is CC1CCC(NC(=O)CN2CCN(C(=O)[C@@H]3CCC[C@@H]3CN)CC2)CC1. The average molecular weight is 365 g/mol. The van der Waals surface area contributed by atoms with Crippen molar-refractivity contribution >= 4 is 11.8 Å². The molecule has 3 rings (SSSR count). The molecule has 0 aromatic rings. The zero-order valence-electron chi connectivity index (χ0n) is 16.3. The third-order valence-electron chi connectivity index (χ3n) is 6.71. The molecule has 0 bridgehead atoms.